The first-order valence-corrected chi connectivity index (χ1v) is 4.94. The maximum atomic E-state index is 8.71. The molecule has 5 heteroatoms. The van der Waals surface area contributed by atoms with E-state index in [0.717, 1.165) is 10.0 Å². The van der Waals surface area contributed by atoms with Crippen molar-refractivity contribution in [1.82, 2.24) is 4.37 Å². The van der Waals surface area contributed by atoms with Gasteiger partial charge >= 0.3 is 0 Å². The number of hydrogen-bond donors (Lipinski definition) is 1. The van der Waals surface area contributed by atoms with Crippen molar-refractivity contribution in [3.8, 4) is 6.07 Å². The first-order chi connectivity index (χ1) is 5.33. The molecule has 0 amide bonds. The van der Waals surface area contributed by atoms with Crippen LogP contribution in [0.3, 0.4) is 0 Å². The Morgan fingerprint density at radius 3 is 2.91 bits per heavy atom. The summed E-state index contributed by atoms with van der Waals surface area (Å²) in [7, 11) is 1.79. The monoisotopic (exact) mass is 185 g/mol. The number of nitrogens with zero attached hydrogens (tertiary/aromatic N) is 2. The Hall–Kier alpha value is -0.730. The number of nitrogens with one attached hydrogen (secondary N) is 1. The third kappa shape index (κ3) is 1.47. The van der Waals surface area contributed by atoms with E-state index in [1.807, 2.05) is 6.26 Å². The number of hydrogen-bond acceptors (Lipinski definition) is 5. The minimum absolute atomic E-state index is 0.657. The molecule has 0 aromatic carbocycles. The highest BCUT2D eigenvalue weighted by Crippen LogP contribution is 2.28. The summed E-state index contributed by atoms with van der Waals surface area (Å²) in [6.07, 6.45) is 1.91. The van der Waals surface area contributed by atoms with Crippen LogP contribution in [-0.4, -0.2) is 17.7 Å². The highest BCUT2D eigenvalue weighted by molar-refractivity contribution is 7.98. The molecule has 0 atom stereocenters. The smallest absolute Gasteiger partial charge is 0.130 e. The molecule has 0 bridgehead atoms. The largest absolute Gasteiger partial charge is 0.378 e. The third-order valence-corrected chi connectivity index (χ3v) is 2.86. The molecular weight excluding hydrogens is 178 g/mol. The Morgan fingerprint density at radius 1 is 1.73 bits per heavy atom. The second-order valence-electron chi connectivity index (χ2n) is 1.76. The van der Waals surface area contributed by atoms with Gasteiger partial charge in [0.2, 0.25) is 0 Å². The summed E-state index contributed by atoms with van der Waals surface area (Å²) in [6, 6.07) is 2.11. The highest BCUT2D eigenvalue weighted by atomic mass is 32.2. The number of rotatable bonds is 2. The molecule has 1 heterocycles. The average molecular weight is 185 g/mol. The number of anilines is 1. The minimum Gasteiger partial charge on any atom is -0.378 e. The van der Waals surface area contributed by atoms with Crippen molar-refractivity contribution in [2.75, 3.05) is 18.6 Å². The van der Waals surface area contributed by atoms with E-state index in [0.29, 0.717) is 5.56 Å². The molecule has 0 aliphatic heterocycles. The van der Waals surface area contributed by atoms with E-state index in [2.05, 4.69) is 15.8 Å². The molecule has 0 fully saturated rings. The van der Waals surface area contributed by atoms with Crippen LogP contribution in [0.15, 0.2) is 5.03 Å². The van der Waals surface area contributed by atoms with Gasteiger partial charge in [-0.05, 0) is 17.8 Å². The van der Waals surface area contributed by atoms with E-state index < -0.39 is 0 Å². The third-order valence-electron chi connectivity index (χ3n) is 1.19. The molecule has 0 radical (unpaired) electrons. The lowest BCUT2D eigenvalue weighted by Crippen LogP contribution is -1.86. The molecule has 1 aromatic rings. The summed E-state index contributed by atoms with van der Waals surface area (Å²) in [6.45, 7) is 0. The SMILES string of the molecule is CNc1snc(SC)c1C#N. The molecule has 0 aliphatic rings. The fraction of sp³-hybridized carbons (Fsp3) is 0.333. The van der Waals surface area contributed by atoms with Gasteiger partial charge in [-0.25, -0.2) is 0 Å². The van der Waals surface area contributed by atoms with Crippen LogP contribution in [0.25, 0.3) is 0 Å². The minimum atomic E-state index is 0.657. The Kier molecular flexibility index (Phi) is 2.74. The fourth-order valence-corrected chi connectivity index (χ4v) is 2.10. The van der Waals surface area contributed by atoms with Crippen molar-refractivity contribution in [3.63, 3.8) is 0 Å². The van der Waals surface area contributed by atoms with Crippen molar-refractivity contribution in [1.29, 1.82) is 5.26 Å². The fourth-order valence-electron chi connectivity index (χ4n) is 0.684. The van der Waals surface area contributed by atoms with Crippen molar-refractivity contribution >= 4 is 28.3 Å². The number of nitriles is 1. The van der Waals surface area contributed by atoms with Crippen LogP contribution in [0.5, 0.6) is 0 Å². The lowest BCUT2D eigenvalue weighted by molar-refractivity contribution is 1.25. The lowest BCUT2D eigenvalue weighted by atomic mass is 10.4. The van der Waals surface area contributed by atoms with E-state index >= 15 is 0 Å². The molecule has 0 saturated carbocycles. The van der Waals surface area contributed by atoms with Gasteiger partial charge < -0.3 is 5.32 Å². The maximum Gasteiger partial charge on any atom is 0.130 e. The summed E-state index contributed by atoms with van der Waals surface area (Å²) in [5.41, 5.74) is 0.657. The van der Waals surface area contributed by atoms with Gasteiger partial charge in [-0.1, -0.05) is 0 Å². The summed E-state index contributed by atoms with van der Waals surface area (Å²) >= 11 is 2.81. The predicted octanol–water partition coefficient (Wildman–Crippen LogP) is 1.78. The zero-order valence-corrected chi connectivity index (χ0v) is 7.84. The molecule has 11 heavy (non-hydrogen) atoms. The Labute approximate surface area is 73.6 Å². The van der Waals surface area contributed by atoms with Crippen LogP contribution >= 0.6 is 23.3 Å². The second kappa shape index (κ2) is 3.60. The van der Waals surface area contributed by atoms with Gasteiger partial charge in [-0.2, -0.15) is 9.64 Å². The van der Waals surface area contributed by atoms with E-state index in [1.54, 1.807) is 7.05 Å². The first kappa shape index (κ1) is 8.37. The molecule has 0 saturated heterocycles. The van der Waals surface area contributed by atoms with E-state index in [4.69, 9.17) is 5.26 Å². The normalized spacial score (nSPS) is 9.18. The van der Waals surface area contributed by atoms with Crippen LogP contribution in [0.2, 0.25) is 0 Å². The molecule has 3 nitrogen and oxygen atoms in total. The van der Waals surface area contributed by atoms with Gasteiger partial charge in [0.05, 0.1) is 0 Å². The predicted molar refractivity (Wildman–Crippen MR) is 48.2 cm³/mol. The van der Waals surface area contributed by atoms with Crippen LogP contribution in [-0.2, 0) is 0 Å². The molecule has 0 spiro atoms. The molecular formula is C6H7N3S2. The standard InChI is InChI=1S/C6H7N3S2/c1-8-5-4(3-7)6(10-2)9-11-5/h8H,1-2H3. The second-order valence-corrected chi connectivity index (χ2v) is 3.33. The zero-order valence-electron chi connectivity index (χ0n) is 6.21. The average Bonchev–Trinajstić information content (AvgIpc) is 2.45. The van der Waals surface area contributed by atoms with Gasteiger partial charge in [0, 0.05) is 7.05 Å². The molecule has 1 aromatic heterocycles. The Morgan fingerprint density at radius 2 is 2.45 bits per heavy atom. The topological polar surface area (TPSA) is 48.7 Å². The maximum absolute atomic E-state index is 8.71. The molecule has 0 unspecified atom stereocenters. The molecule has 1 rings (SSSR count). The lowest BCUT2D eigenvalue weighted by Gasteiger charge is -1.91. The van der Waals surface area contributed by atoms with Crippen molar-refractivity contribution in [2.45, 2.75) is 5.03 Å². The first-order valence-electron chi connectivity index (χ1n) is 2.95. The van der Waals surface area contributed by atoms with Gasteiger partial charge in [-0.3, -0.25) is 0 Å². The number of aromatic nitrogens is 1. The van der Waals surface area contributed by atoms with E-state index in [1.165, 1.54) is 23.3 Å². The van der Waals surface area contributed by atoms with Gasteiger partial charge in [-0.15, -0.1) is 11.8 Å². The van der Waals surface area contributed by atoms with Gasteiger partial charge in [0.25, 0.3) is 0 Å². The summed E-state index contributed by atoms with van der Waals surface area (Å²) in [4.78, 5) is 0. The summed E-state index contributed by atoms with van der Waals surface area (Å²) in [5.74, 6) is 0. The molecule has 1 N–H and O–H groups in total. The summed E-state index contributed by atoms with van der Waals surface area (Å²) in [5, 5.41) is 13.3. The van der Waals surface area contributed by atoms with Crippen LogP contribution in [0.1, 0.15) is 5.56 Å². The van der Waals surface area contributed by atoms with Gasteiger partial charge in [0.1, 0.15) is 21.7 Å². The Bertz CT molecular complexity index is 265. The van der Waals surface area contributed by atoms with E-state index in [-0.39, 0.29) is 0 Å². The van der Waals surface area contributed by atoms with E-state index in [9.17, 15) is 0 Å². The summed E-state index contributed by atoms with van der Waals surface area (Å²) < 4.78 is 4.10. The van der Waals surface area contributed by atoms with Crippen LogP contribution in [0.4, 0.5) is 5.00 Å². The quantitative estimate of drug-likeness (QED) is 0.713. The van der Waals surface area contributed by atoms with Crippen molar-refractivity contribution < 1.29 is 0 Å². The molecule has 58 valence electrons. The van der Waals surface area contributed by atoms with Crippen molar-refractivity contribution in [2.24, 2.45) is 0 Å². The zero-order chi connectivity index (χ0) is 8.27. The highest BCUT2D eigenvalue weighted by Gasteiger charge is 2.10. The Balaban J connectivity index is 3.12. The van der Waals surface area contributed by atoms with Crippen LogP contribution in [0, 0.1) is 11.3 Å². The number of thioether (sulfide) groups is 1. The molecule has 0 aliphatic carbocycles. The van der Waals surface area contributed by atoms with Crippen LogP contribution < -0.4 is 5.32 Å². The van der Waals surface area contributed by atoms with Crippen molar-refractivity contribution in [3.05, 3.63) is 5.56 Å². The van der Waals surface area contributed by atoms with Gasteiger partial charge in [0.15, 0.2) is 0 Å².